The zero-order chi connectivity index (χ0) is 15.2. The highest BCUT2D eigenvalue weighted by Crippen LogP contribution is 2.17. The van der Waals surface area contributed by atoms with E-state index in [0.29, 0.717) is 17.9 Å². The number of hydrogen-bond donors (Lipinski definition) is 2. The molecule has 1 aromatic heterocycles. The second-order valence-electron chi connectivity index (χ2n) is 4.01. The largest absolute Gasteiger partial charge is 0.491 e. The molecule has 3 N–H and O–H groups in total. The average Bonchev–Trinajstić information content (AvgIpc) is 2.96. The van der Waals surface area contributed by atoms with E-state index in [1.54, 1.807) is 24.3 Å². The van der Waals surface area contributed by atoms with Gasteiger partial charge in [-0.3, -0.25) is 10.2 Å². The van der Waals surface area contributed by atoms with E-state index in [4.69, 9.17) is 10.6 Å². The first-order valence-corrected chi connectivity index (χ1v) is 6.02. The van der Waals surface area contributed by atoms with Crippen molar-refractivity contribution in [2.24, 2.45) is 5.84 Å². The van der Waals surface area contributed by atoms with Crippen molar-refractivity contribution < 1.29 is 14.5 Å². The molecule has 1 amide bonds. The van der Waals surface area contributed by atoms with Gasteiger partial charge in [0.2, 0.25) is 0 Å². The van der Waals surface area contributed by atoms with E-state index >= 15 is 0 Å². The number of benzene rings is 1. The number of hydrogen-bond acceptors (Lipinski definition) is 6. The maximum atomic E-state index is 11.5. The molecule has 0 unspecified atom stereocenters. The molecule has 1 aromatic carbocycles. The Hall–Kier alpha value is -2.94. The first-order valence-electron chi connectivity index (χ1n) is 6.02. The molecular weight excluding hydrogens is 278 g/mol. The first kappa shape index (κ1) is 14.5. The Morgan fingerprint density at radius 3 is 2.86 bits per heavy atom. The van der Waals surface area contributed by atoms with Crippen molar-refractivity contribution in [1.82, 2.24) is 15.2 Å². The zero-order valence-corrected chi connectivity index (χ0v) is 10.9. The summed E-state index contributed by atoms with van der Waals surface area (Å²) in [5.41, 5.74) is 2.35. The van der Waals surface area contributed by atoms with Crippen LogP contribution < -0.4 is 16.0 Å². The number of nitrogens with zero attached hydrogens (tertiary/aromatic N) is 3. The Labute approximate surface area is 119 Å². The normalized spacial score (nSPS) is 10.1. The third-order valence-electron chi connectivity index (χ3n) is 2.65. The Bertz CT molecular complexity index is 655. The topological polar surface area (TPSA) is 125 Å². The minimum absolute atomic E-state index is 0.202. The van der Waals surface area contributed by atoms with Crippen LogP contribution in [0.3, 0.4) is 0 Å². The molecule has 0 spiro atoms. The van der Waals surface area contributed by atoms with Crippen molar-refractivity contribution in [2.45, 2.75) is 6.54 Å². The average molecular weight is 291 g/mol. The van der Waals surface area contributed by atoms with Crippen LogP contribution in [0, 0.1) is 10.1 Å². The molecule has 9 heteroatoms. The van der Waals surface area contributed by atoms with E-state index in [1.165, 1.54) is 16.9 Å². The molecular formula is C12H13N5O4. The number of nitrogen functional groups attached to an aromatic ring is 1. The third-order valence-corrected chi connectivity index (χ3v) is 2.65. The van der Waals surface area contributed by atoms with E-state index in [1.807, 2.05) is 5.43 Å². The Balaban J connectivity index is 1.97. The summed E-state index contributed by atoms with van der Waals surface area (Å²) in [6.07, 6.45) is 1.49. The summed E-state index contributed by atoms with van der Waals surface area (Å²) < 4.78 is 6.88. The molecule has 0 radical (unpaired) electrons. The van der Waals surface area contributed by atoms with Crippen LogP contribution in [0.5, 0.6) is 5.75 Å². The van der Waals surface area contributed by atoms with Gasteiger partial charge >= 0.3 is 5.82 Å². The van der Waals surface area contributed by atoms with Crippen LogP contribution in [-0.4, -0.2) is 27.2 Å². The van der Waals surface area contributed by atoms with E-state index in [0.717, 1.165) is 0 Å². The number of nitro groups is 1. The second-order valence-corrected chi connectivity index (χ2v) is 4.01. The Morgan fingerprint density at radius 1 is 1.43 bits per heavy atom. The molecule has 0 atom stereocenters. The van der Waals surface area contributed by atoms with Crippen LogP contribution in [-0.2, 0) is 6.54 Å². The maximum absolute atomic E-state index is 11.5. The lowest BCUT2D eigenvalue weighted by molar-refractivity contribution is -0.389. The number of ether oxygens (including phenoxy) is 1. The summed E-state index contributed by atoms with van der Waals surface area (Å²) in [6, 6.07) is 7.93. The van der Waals surface area contributed by atoms with Gasteiger partial charge in [0, 0.05) is 0 Å². The highest BCUT2D eigenvalue weighted by atomic mass is 16.6. The van der Waals surface area contributed by atoms with Crippen LogP contribution in [0.15, 0.2) is 36.5 Å². The number of nitrogens with two attached hydrogens (primary N) is 1. The highest BCUT2D eigenvalue weighted by Gasteiger charge is 2.12. The molecule has 110 valence electrons. The van der Waals surface area contributed by atoms with E-state index in [9.17, 15) is 14.9 Å². The van der Waals surface area contributed by atoms with Gasteiger partial charge in [0.1, 0.15) is 12.4 Å². The summed E-state index contributed by atoms with van der Waals surface area (Å²) in [5.74, 6) is 4.79. The maximum Gasteiger partial charge on any atom is 0.389 e. The van der Waals surface area contributed by atoms with E-state index < -0.39 is 10.8 Å². The molecule has 0 aliphatic carbocycles. The molecule has 0 bridgehead atoms. The number of hydrazine groups is 1. The van der Waals surface area contributed by atoms with Gasteiger partial charge in [0.05, 0.1) is 29.5 Å². The minimum atomic E-state index is -0.571. The Morgan fingerprint density at radius 2 is 2.19 bits per heavy atom. The van der Waals surface area contributed by atoms with Crippen molar-refractivity contribution in [1.29, 1.82) is 0 Å². The van der Waals surface area contributed by atoms with Gasteiger partial charge < -0.3 is 14.9 Å². The third kappa shape index (κ3) is 3.54. The molecule has 2 aromatic rings. The fourth-order valence-electron chi connectivity index (χ4n) is 1.68. The number of carbonyl (C=O) groups excluding carboxylic acids is 1. The molecule has 2 rings (SSSR count). The number of carbonyl (C=O) groups is 1. The van der Waals surface area contributed by atoms with Crippen molar-refractivity contribution >= 4 is 11.7 Å². The lowest BCUT2D eigenvalue weighted by Crippen LogP contribution is -2.30. The van der Waals surface area contributed by atoms with Crippen LogP contribution >= 0.6 is 0 Å². The quantitative estimate of drug-likeness (QED) is 0.345. The van der Waals surface area contributed by atoms with Crippen molar-refractivity contribution in [3.8, 4) is 5.75 Å². The van der Waals surface area contributed by atoms with E-state index in [-0.39, 0.29) is 12.4 Å². The Kier molecular flexibility index (Phi) is 4.46. The van der Waals surface area contributed by atoms with Gasteiger partial charge in [-0.1, -0.05) is 12.1 Å². The van der Waals surface area contributed by atoms with Crippen LogP contribution in [0.2, 0.25) is 0 Å². The first-order chi connectivity index (χ1) is 10.1. The number of para-hydroxylation sites is 1. The van der Waals surface area contributed by atoms with Gasteiger partial charge in [-0.05, 0) is 17.1 Å². The SMILES string of the molecule is NNC(=O)c1ccccc1OCCn1ccc([N+](=O)[O-])n1. The van der Waals surface area contributed by atoms with Crippen molar-refractivity contribution in [3.63, 3.8) is 0 Å². The monoisotopic (exact) mass is 291 g/mol. The predicted octanol–water partition coefficient (Wildman–Crippen LogP) is 0.474. The van der Waals surface area contributed by atoms with Crippen LogP contribution in [0.25, 0.3) is 0 Å². The molecule has 0 saturated carbocycles. The van der Waals surface area contributed by atoms with Crippen LogP contribution in [0.4, 0.5) is 5.82 Å². The lowest BCUT2D eigenvalue weighted by atomic mass is 10.2. The molecule has 0 aliphatic rings. The fourth-order valence-corrected chi connectivity index (χ4v) is 1.68. The summed E-state index contributed by atoms with van der Waals surface area (Å²) in [5, 5.41) is 14.3. The van der Waals surface area contributed by atoms with Crippen molar-refractivity contribution in [2.75, 3.05) is 6.61 Å². The van der Waals surface area contributed by atoms with Crippen LogP contribution in [0.1, 0.15) is 10.4 Å². The summed E-state index contributed by atoms with van der Waals surface area (Å²) in [6.45, 7) is 0.514. The number of amides is 1. The fraction of sp³-hybridized carbons (Fsp3) is 0.167. The predicted molar refractivity (Wildman–Crippen MR) is 72.5 cm³/mol. The summed E-state index contributed by atoms with van der Waals surface area (Å²) in [7, 11) is 0. The molecule has 1 heterocycles. The van der Waals surface area contributed by atoms with Gasteiger partial charge in [-0.25, -0.2) is 5.84 Å². The zero-order valence-electron chi connectivity index (χ0n) is 10.9. The molecule has 9 nitrogen and oxygen atoms in total. The van der Waals surface area contributed by atoms with E-state index in [2.05, 4.69) is 5.10 Å². The number of rotatable bonds is 6. The van der Waals surface area contributed by atoms with Gasteiger partial charge in [0.15, 0.2) is 0 Å². The minimum Gasteiger partial charge on any atom is -0.491 e. The second kappa shape index (κ2) is 6.48. The molecule has 0 aliphatic heterocycles. The van der Waals surface area contributed by atoms with Crippen molar-refractivity contribution in [3.05, 3.63) is 52.2 Å². The number of aromatic nitrogens is 2. The number of nitrogens with one attached hydrogen (secondary N) is 1. The standard InChI is InChI=1S/C12H13N5O4/c13-14-12(18)9-3-1-2-4-10(9)21-8-7-16-6-5-11(15-16)17(19)20/h1-6H,7-8,13H2,(H,14,18). The molecule has 21 heavy (non-hydrogen) atoms. The highest BCUT2D eigenvalue weighted by molar-refractivity contribution is 5.96. The smallest absolute Gasteiger partial charge is 0.389 e. The molecule has 0 fully saturated rings. The van der Waals surface area contributed by atoms with Gasteiger partial charge in [-0.2, -0.15) is 4.68 Å². The lowest BCUT2D eigenvalue weighted by Gasteiger charge is -2.09. The molecule has 0 saturated heterocycles. The summed E-state index contributed by atoms with van der Waals surface area (Å²) in [4.78, 5) is 21.5. The van der Waals surface area contributed by atoms with Gasteiger partial charge in [0.25, 0.3) is 5.91 Å². The summed E-state index contributed by atoms with van der Waals surface area (Å²) >= 11 is 0. The van der Waals surface area contributed by atoms with Gasteiger partial charge in [-0.15, -0.1) is 0 Å².